The van der Waals surface area contributed by atoms with Gasteiger partial charge in [0, 0.05) is 0 Å². The lowest BCUT2D eigenvalue weighted by Gasteiger charge is -2.28. The highest BCUT2D eigenvalue weighted by atomic mass is 32.2. The molecule has 1 unspecified atom stereocenters. The Morgan fingerprint density at radius 2 is 1.79 bits per heavy atom. The summed E-state index contributed by atoms with van der Waals surface area (Å²) in [5, 5.41) is 2.67. The van der Waals surface area contributed by atoms with Gasteiger partial charge in [-0.2, -0.15) is 0 Å². The molecule has 0 bridgehead atoms. The van der Waals surface area contributed by atoms with E-state index in [1.165, 1.54) is 19.1 Å². The number of anilines is 1. The minimum atomic E-state index is -3.74. The third kappa shape index (κ3) is 5.69. The zero-order chi connectivity index (χ0) is 20.9. The highest BCUT2D eigenvalue weighted by Crippen LogP contribution is 2.21. The van der Waals surface area contributed by atoms with Gasteiger partial charge in [-0.05, 0) is 68.3 Å². The van der Waals surface area contributed by atoms with E-state index in [9.17, 15) is 17.6 Å². The monoisotopic (exact) mass is 408 g/mol. The van der Waals surface area contributed by atoms with Gasteiger partial charge in [-0.3, -0.25) is 9.10 Å². The van der Waals surface area contributed by atoms with E-state index in [-0.39, 0.29) is 18.8 Å². The average Bonchev–Trinajstić information content (AvgIpc) is 2.62. The number of hydrogen-bond acceptors (Lipinski definition) is 4. The number of rotatable bonds is 8. The van der Waals surface area contributed by atoms with Gasteiger partial charge in [-0.1, -0.05) is 6.07 Å². The molecule has 0 heterocycles. The van der Waals surface area contributed by atoms with Gasteiger partial charge in [0.2, 0.25) is 15.9 Å². The van der Waals surface area contributed by atoms with Crippen LogP contribution in [0.3, 0.4) is 0 Å². The van der Waals surface area contributed by atoms with Crippen molar-refractivity contribution in [3.8, 4) is 5.75 Å². The molecular weight excluding hydrogens is 383 g/mol. The number of hydrogen-bond donors (Lipinski definition) is 1. The maximum atomic E-state index is 13.1. The molecule has 0 fully saturated rings. The number of halogens is 1. The molecule has 152 valence electrons. The summed E-state index contributed by atoms with van der Waals surface area (Å²) in [6.07, 6.45) is 1.00. The molecule has 8 heteroatoms. The van der Waals surface area contributed by atoms with Crippen LogP contribution in [0.4, 0.5) is 10.1 Å². The van der Waals surface area contributed by atoms with Crippen LogP contribution in [0.2, 0.25) is 0 Å². The van der Waals surface area contributed by atoms with Gasteiger partial charge in [0.25, 0.3) is 0 Å². The van der Waals surface area contributed by atoms with Crippen LogP contribution in [-0.2, 0) is 14.8 Å². The molecule has 2 rings (SSSR count). The van der Waals surface area contributed by atoms with Crippen LogP contribution < -0.4 is 14.4 Å². The average molecular weight is 408 g/mol. The molecule has 0 saturated heterocycles. The Morgan fingerprint density at radius 1 is 1.14 bits per heavy atom. The minimum Gasteiger partial charge on any atom is -0.492 e. The second kappa shape index (κ2) is 9.05. The molecule has 0 aromatic heterocycles. The first-order chi connectivity index (χ1) is 13.1. The lowest BCUT2D eigenvalue weighted by molar-refractivity contribution is -0.121. The zero-order valence-corrected chi connectivity index (χ0v) is 17.2. The topological polar surface area (TPSA) is 75.7 Å². The van der Waals surface area contributed by atoms with Crippen molar-refractivity contribution < 1.29 is 22.3 Å². The summed E-state index contributed by atoms with van der Waals surface area (Å²) in [5.41, 5.74) is 2.49. The number of amides is 1. The van der Waals surface area contributed by atoms with E-state index in [1.807, 2.05) is 32.0 Å². The van der Waals surface area contributed by atoms with E-state index in [4.69, 9.17) is 4.74 Å². The first-order valence-electron chi connectivity index (χ1n) is 8.82. The number of nitrogens with one attached hydrogen (secondary N) is 1. The van der Waals surface area contributed by atoms with E-state index < -0.39 is 27.8 Å². The molecule has 0 radical (unpaired) electrons. The van der Waals surface area contributed by atoms with Crippen LogP contribution in [-0.4, -0.2) is 39.8 Å². The van der Waals surface area contributed by atoms with E-state index in [2.05, 4.69) is 5.32 Å². The molecule has 6 nitrogen and oxygen atoms in total. The summed E-state index contributed by atoms with van der Waals surface area (Å²) in [4.78, 5) is 12.4. The molecule has 0 aliphatic heterocycles. The molecule has 0 aliphatic carbocycles. The Kier molecular flexibility index (Phi) is 7.01. The number of carbonyl (C=O) groups is 1. The Labute approximate surface area is 165 Å². The van der Waals surface area contributed by atoms with Crippen LogP contribution in [0, 0.1) is 19.7 Å². The van der Waals surface area contributed by atoms with Crippen molar-refractivity contribution in [1.29, 1.82) is 0 Å². The van der Waals surface area contributed by atoms with Gasteiger partial charge >= 0.3 is 0 Å². The SMILES string of the molecule is Cc1ccc(OCCNC(=O)C(C)N(c2ccc(F)cc2)S(C)(=O)=O)cc1C. The van der Waals surface area contributed by atoms with Crippen molar-refractivity contribution in [2.75, 3.05) is 23.7 Å². The highest BCUT2D eigenvalue weighted by molar-refractivity contribution is 7.92. The fourth-order valence-corrected chi connectivity index (χ4v) is 3.87. The van der Waals surface area contributed by atoms with Crippen molar-refractivity contribution >= 4 is 21.6 Å². The molecule has 1 atom stereocenters. The molecule has 28 heavy (non-hydrogen) atoms. The number of ether oxygens (including phenoxy) is 1. The summed E-state index contributed by atoms with van der Waals surface area (Å²) in [6.45, 7) is 5.94. The first kappa shape index (κ1) is 21.7. The van der Waals surface area contributed by atoms with Gasteiger partial charge in [0.1, 0.15) is 24.2 Å². The van der Waals surface area contributed by atoms with Crippen molar-refractivity contribution in [1.82, 2.24) is 5.32 Å². The Bertz CT molecular complexity index is 930. The molecule has 0 spiro atoms. The molecule has 2 aromatic rings. The number of sulfonamides is 1. The Hall–Kier alpha value is -2.61. The summed E-state index contributed by atoms with van der Waals surface area (Å²) in [5.74, 6) is -0.259. The lowest BCUT2D eigenvalue weighted by Crippen LogP contribution is -2.48. The first-order valence-corrected chi connectivity index (χ1v) is 10.7. The summed E-state index contributed by atoms with van der Waals surface area (Å²) in [7, 11) is -3.74. The summed E-state index contributed by atoms with van der Waals surface area (Å²) < 4.78 is 44.0. The fourth-order valence-electron chi connectivity index (χ4n) is 2.69. The summed E-state index contributed by atoms with van der Waals surface area (Å²) in [6, 6.07) is 9.67. The maximum absolute atomic E-state index is 13.1. The van der Waals surface area contributed by atoms with E-state index in [0.717, 1.165) is 33.8 Å². The zero-order valence-electron chi connectivity index (χ0n) is 16.4. The smallest absolute Gasteiger partial charge is 0.243 e. The van der Waals surface area contributed by atoms with Gasteiger partial charge in [-0.25, -0.2) is 12.8 Å². The van der Waals surface area contributed by atoms with Gasteiger partial charge < -0.3 is 10.1 Å². The number of benzene rings is 2. The minimum absolute atomic E-state index is 0.219. The summed E-state index contributed by atoms with van der Waals surface area (Å²) >= 11 is 0. The van der Waals surface area contributed by atoms with E-state index in [0.29, 0.717) is 5.75 Å². The predicted molar refractivity (Wildman–Crippen MR) is 108 cm³/mol. The van der Waals surface area contributed by atoms with Gasteiger partial charge in [-0.15, -0.1) is 0 Å². The van der Waals surface area contributed by atoms with Gasteiger partial charge in [0.15, 0.2) is 0 Å². The van der Waals surface area contributed by atoms with Crippen LogP contribution >= 0.6 is 0 Å². The molecule has 0 aliphatic rings. The standard InChI is InChI=1S/C20H25FN2O4S/c1-14-5-10-19(13-15(14)2)27-12-11-22-20(24)16(3)23(28(4,25)26)18-8-6-17(21)7-9-18/h5-10,13,16H,11-12H2,1-4H3,(H,22,24). The molecular formula is C20H25FN2O4S. The molecule has 1 N–H and O–H groups in total. The molecule has 1 amide bonds. The third-order valence-corrected chi connectivity index (χ3v) is 5.56. The predicted octanol–water partition coefficient (Wildman–Crippen LogP) is 2.79. The fraction of sp³-hybridized carbons (Fsp3) is 0.350. The second-order valence-corrected chi connectivity index (χ2v) is 8.46. The van der Waals surface area contributed by atoms with Crippen LogP contribution in [0.25, 0.3) is 0 Å². The molecule has 2 aromatic carbocycles. The van der Waals surface area contributed by atoms with Crippen molar-refractivity contribution in [2.45, 2.75) is 26.8 Å². The number of carbonyl (C=O) groups excluding carboxylic acids is 1. The van der Waals surface area contributed by atoms with Crippen LogP contribution in [0.1, 0.15) is 18.1 Å². The molecule has 0 saturated carbocycles. The lowest BCUT2D eigenvalue weighted by atomic mass is 10.1. The normalized spacial score (nSPS) is 12.3. The van der Waals surface area contributed by atoms with Crippen molar-refractivity contribution in [2.24, 2.45) is 0 Å². The van der Waals surface area contributed by atoms with E-state index >= 15 is 0 Å². The maximum Gasteiger partial charge on any atom is 0.243 e. The van der Waals surface area contributed by atoms with Crippen LogP contribution in [0.5, 0.6) is 5.75 Å². The Balaban J connectivity index is 1.97. The van der Waals surface area contributed by atoms with Crippen LogP contribution in [0.15, 0.2) is 42.5 Å². The second-order valence-electron chi connectivity index (χ2n) is 6.60. The number of aryl methyl sites for hydroxylation is 2. The number of nitrogens with zero attached hydrogens (tertiary/aromatic N) is 1. The Morgan fingerprint density at radius 3 is 2.36 bits per heavy atom. The third-order valence-electron chi connectivity index (χ3n) is 4.32. The largest absolute Gasteiger partial charge is 0.492 e. The highest BCUT2D eigenvalue weighted by Gasteiger charge is 2.28. The van der Waals surface area contributed by atoms with E-state index in [1.54, 1.807) is 0 Å². The van der Waals surface area contributed by atoms with Gasteiger partial charge in [0.05, 0.1) is 18.5 Å². The van der Waals surface area contributed by atoms with Crippen molar-refractivity contribution in [3.63, 3.8) is 0 Å². The quantitative estimate of drug-likeness (QED) is 0.682. The van der Waals surface area contributed by atoms with Crippen molar-refractivity contribution in [3.05, 3.63) is 59.4 Å².